The van der Waals surface area contributed by atoms with E-state index in [0.29, 0.717) is 6.54 Å². The van der Waals surface area contributed by atoms with Gasteiger partial charge >= 0.3 is 11.9 Å². The lowest BCUT2D eigenvalue weighted by molar-refractivity contribution is -0.173. The highest BCUT2D eigenvalue weighted by Gasteiger charge is 2.54. The summed E-state index contributed by atoms with van der Waals surface area (Å²) in [5, 5.41) is 0. The first-order valence-corrected chi connectivity index (χ1v) is 12.3. The SMILES string of the molecule is CCN=c1sc(C)c2c(c1C)CC(C(=O)OCc1ccccc1)(C(=O)OCc1ccccc1)C2. The molecule has 5 nitrogen and oxygen atoms in total. The smallest absolute Gasteiger partial charge is 0.324 e. The van der Waals surface area contributed by atoms with E-state index in [1.807, 2.05) is 81.4 Å². The fourth-order valence-electron chi connectivity index (χ4n) is 4.38. The molecule has 0 unspecified atom stereocenters. The van der Waals surface area contributed by atoms with Crippen LogP contribution in [0.4, 0.5) is 0 Å². The second-order valence-electron chi connectivity index (χ2n) is 8.58. The number of carbonyl (C=O) groups is 2. The number of rotatable bonds is 7. The molecule has 2 aromatic carbocycles. The molecule has 176 valence electrons. The average Bonchev–Trinajstić information content (AvgIpc) is 3.29. The van der Waals surface area contributed by atoms with Crippen LogP contribution in [0.3, 0.4) is 0 Å². The highest BCUT2D eigenvalue weighted by molar-refractivity contribution is 7.09. The van der Waals surface area contributed by atoms with Crippen LogP contribution in [0.25, 0.3) is 0 Å². The Labute approximate surface area is 204 Å². The Morgan fingerprint density at radius 1 is 0.853 bits per heavy atom. The van der Waals surface area contributed by atoms with Crippen LogP contribution < -0.4 is 4.67 Å². The molecule has 0 aliphatic heterocycles. The first kappa shape index (κ1) is 23.9. The molecule has 0 atom stereocenters. The summed E-state index contributed by atoms with van der Waals surface area (Å²) in [4.78, 5) is 32.8. The molecule has 0 saturated carbocycles. The fraction of sp³-hybridized carbons (Fsp3) is 0.321. The number of carbonyl (C=O) groups excluding carboxylic acids is 2. The minimum atomic E-state index is -1.40. The van der Waals surface area contributed by atoms with Crippen LogP contribution in [-0.4, -0.2) is 18.5 Å². The predicted octanol–water partition coefficient (Wildman–Crippen LogP) is 4.86. The molecule has 1 aliphatic rings. The van der Waals surface area contributed by atoms with Crippen molar-refractivity contribution in [1.82, 2.24) is 0 Å². The lowest BCUT2D eigenvalue weighted by atomic mass is 9.84. The molecule has 0 saturated heterocycles. The summed E-state index contributed by atoms with van der Waals surface area (Å²) in [7, 11) is 0. The van der Waals surface area contributed by atoms with E-state index in [2.05, 4.69) is 4.99 Å². The number of benzene rings is 2. The lowest BCUT2D eigenvalue weighted by Crippen LogP contribution is -2.43. The quantitative estimate of drug-likeness (QED) is 0.362. The molecule has 1 heterocycles. The molecule has 4 rings (SSSR count). The zero-order valence-corrected chi connectivity index (χ0v) is 20.6. The van der Waals surface area contributed by atoms with Crippen molar-refractivity contribution in [3.63, 3.8) is 0 Å². The van der Waals surface area contributed by atoms with Gasteiger partial charge in [-0.15, -0.1) is 11.3 Å². The van der Waals surface area contributed by atoms with E-state index < -0.39 is 17.4 Å². The molecular weight excluding hydrogens is 446 g/mol. The first-order chi connectivity index (χ1) is 16.4. The van der Waals surface area contributed by atoms with E-state index in [0.717, 1.165) is 37.4 Å². The summed E-state index contributed by atoms with van der Waals surface area (Å²) >= 11 is 1.61. The summed E-state index contributed by atoms with van der Waals surface area (Å²) in [6.07, 6.45) is 0.537. The molecule has 3 aromatic rings. The van der Waals surface area contributed by atoms with Crippen LogP contribution >= 0.6 is 11.3 Å². The average molecular weight is 476 g/mol. The van der Waals surface area contributed by atoms with Crippen molar-refractivity contribution in [1.29, 1.82) is 0 Å². The maximum absolute atomic E-state index is 13.6. The molecule has 0 bridgehead atoms. The Hall–Kier alpha value is -3.25. The zero-order chi connectivity index (χ0) is 24.1. The zero-order valence-electron chi connectivity index (χ0n) is 19.8. The molecular formula is C28H29NO4S. The van der Waals surface area contributed by atoms with Gasteiger partial charge in [-0.05, 0) is 48.6 Å². The number of hydrogen-bond donors (Lipinski definition) is 0. The Balaban J connectivity index is 1.66. The standard InChI is InChI=1S/C28H29NO4S/c1-4-29-25-19(2)23-15-28(16-24(23)20(3)34-25,26(30)32-17-21-11-7-5-8-12-21)27(31)33-18-22-13-9-6-10-14-22/h5-14H,4,15-18H2,1-3H3. The molecule has 34 heavy (non-hydrogen) atoms. The molecule has 1 aromatic heterocycles. The Bertz CT molecular complexity index is 1190. The van der Waals surface area contributed by atoms with Gasteiger partial charge in [0.15, 0.2) is 5.41 Å². The largest absolute Gasteiger partial charge is 0.460 e. The van der Waals surface area contributed by atoms with E-state index in [9.17, 15) is 9.59 Å². The van der Waals surface area contributed by atoms with Crippen LogP contribution in [0, 0.1) is 19.3 Å². The van der Waals surface area contributed by atoms with Gasteiger partial charge in [-0.3, -0.25) is 14.6 Å². The van der Waals surface area contributed by atoms with Gasteiger partial charge in [0.1, 0.15) is 17.9 Å². The van der Waals surface area contributed by atoms with E-state index >= 15 is 0 Å². The number of fused-ring (bicyclic) bond motifs is 1. The third kappa shape index (κ3) is 4.82. The maximum Gasteiger partial charge on any atom is 0.324 e. The van der Waals surface area contributed by atoms with Crippen molar-refractivity contribution in [2.75, 3.05) is 6.54 Å². The number of ether oxygens (including phenoxy) is 2. The van der Waals surface area contributed by atoms with Crippen molar-refractivity contribution in [3.8, 4) is 0 Å². The van der Waals surface area contributed by atoms with E-state index in [4.69, 9.17) is 9.47 Å². The predicted molar refractivity (Wildman–Crippen MR) is 132 cm³/mol. The third-order valence-corrected chi connectivity index (χ3v) is 7.46. The summed E-state index contributed by atoms with van der Waals surface area (Å²) in [6.45, 7) is 6.95. The van der Waals surface area contributed by atoms with Gasteiger partial charge in [0.05, 0.1) is 0 Å². The normalized spacial score (nSPS) is 14.5. The number of esters is 2. The van der Waals surface area contributed by atoms with E-state index in [1.54, 1.807) is 11.3 Å². The fourth-order valence-corrected chi connectivity index (χ4v) is 5.46. The molecule has 0 radical (unpaired) electrons. The van der Waals surface area contributed by atoms with Gasteiger partial charge in [0.2, 0.25) is 0 Å². The van der Waals surface area contributed by atoms with Crippen molar-refractivity contribution < 1.29 is 19.1 Å². The van der Waals surface area contributed by atoms with Gasteiger partial charge in [-0.2, -0.15) is 0 Å². The molecule has 0 fully saturated rings. The Kier molecular flexibility index (Phi) is 7.27. The van der Waals surface area contributed by atoms with Crippen molar-refractivity contribution in [3.05, 3.63) is 98.0 Å². The summed E-state index contributed by atoms with van der Waals surface area (Å²) in [5.41, 5.74) is 3.41. The van der Waals surface area contributed by atoms with Gasteiger partial charge in [0, 0.05) is 24.3 Å². The van der Waals surface area contributed by atoms with Crippen molar-refractivity contribution >= 4 is 23.3 Å². The number of nitrogens with zero attached hydrogens (tertiary/aromatic N) is 1. The number of hydrogen-bond acceptors (Lipinski definition) is 6. The molecule has 1 aliphatic carbocycles. The second kappa shape index (κ2) is 10.3. The van der Waals surface area contributed by atoms with Crippen LogP contribution in [0.1, 0.15) is 39.6 Å². The first-order valence-electron chi connectivity index (χ1n) is 11.5. The lowest BCUT2D eigenvalue weighted by Gasteiger charge is -2.25. The third-order valence-electron chi connectivity index (χ3n) is 6.28. The van der Waals surface area contributed by atoms with Crippen LogP contribution in [0.5, 0.6) is 0 Å². The maximum atomic E-state index is 13.6. The highest BCUT2D eigenvalue weighted by Crippen LogP contribution is 2.42. The molecule has 0 amide bonds. The van der Waals surface area contributed by atoms with Gasteiger partial charge < -0.3 is 9.47 Å². The van der Waals surface area contributed by atoms with Crippen LogP contribution in [-0.2, 0) is 45.1 Å². The highest BCUT2D eigenvalue weighted by atomic mass is 32.1. The van der Waals surface area contributed by atoms with E-state index in [1.165, 1.54) is 0 Å². The minimum absolute atomic E-state index is 0.112. The molecule has 6 heteroatoms. The molecule has 0 spiro atoms. The summed E-state index contributed by atoms with van der Waals surface area (Å²) in [6, 6.07) is 19.0. The summed E-state index contributed by atoms with van der Waals surface area (Å²) < 4.78 is 12.4. The van der Waals surface area contributed by atoms with Crippen molar-refractivity contribution in [2.24, 2.45) is 10.4 Å². The minimum Gasteiger partial charge on any atom is -0.460 e. The monoisotopic (exact) mass is 475 g/mol. The number of aryl methyl sites for hydroxylation is 1. The second-order valence-corrected chi connectivity index (χ2v) is 9.78. The van der Waals surface area contributed by atoms with Gasteiger partial charge in [-0.1, -0.05) is 60.7 Å². The van der Waals surface area contributed by atoms with Crippen molar-refractivity contribution in [2.45, 2.75) is 46.8 Å². The van der Waals surface area contributed by atoms with E-state index in [-0.39, 0.29) is 26.1 Å². The Morgan fingerprint density at radius 3 is 1.85 bits per heavy atom. The topological polar surface area (TPSA) is 65.0 Å². The Morgan fingerprint density at radius 2 is 1.35 bits per heavy atom. The van der Waals surface area contributed by atoms with Gasteiger partial charge in [0.25, 0.3) is 0 Å². The molecule has 0 N–H and O–H groups in total. The van der Waals surface area contributed by atoms with Crippen LogP contribution in [0.2, 0.25) is 0 Å². The summed E-state index contributed by atoms with van der Waals surface area (Å²) in [5.74, 6) is -1.08. The van der Waals surface area contributed by atoms with Crippen LogP contribution in [0.15, 0.2) is 65.7 Å². The van der Waals surface area contributed by atoms with Gasteiger partial charge in [-0.25, -0.2) is 0 Å².